The van der Waals surface area contributed by atoms with Crippen LogP contribution in [0.1, 0.15) is 36.3 Å². The first-order valence-electron chi connectivity index (χ1n) is 8.70. The third-order valence-corrected chi connectivity index (χ3v) is 5.32. The minimum Gasteiger partial charge on any atom is -0.481 e. The molecule has 0 aliphatic heterocycles. The Balaban J connectivity index is 2.16. The van der Waals surface area contributed by atoms with Gasteiger partial charge in [0.15, 0.2) is 5.65 Å². The van der Waals surface area contributed by atoms with E-state index in [9.17, 15) is 9.59 Å². The lowest BCUT2D eigenvalue weighted by Gasteiger charge is -2.26. The van der Waals surface area contributed by atoms with Crippen molar-refractivity contribution < 1.29 is 14.7 Å². The van der Waals surface area contributed by atoms with Gasteiger partial charge in [-0.3, -0.25) is 14.3 Å². The van der Waals surface area contributed by atoms with Crippen molar-refractivity contribution in [3.8, 4) is 10.6 Å². The number of nitrogens with zero attached hydrogens (tertiary/aromatic N) is 4. The third-order valence-electron chi connectivity index (χ3n) is 4.42. The number of carboxylic acid groups (broad SMARTS) is 1. The summed E-state index contributed by atoms with van der Waals surface area (Å²) in [6.07, 6.45) is -0.0953. The first-order chi connectivity index (χ1) is 12.8. The van der Waals surface area contributed by atoms with Crippen molar-refractivity contribution in [2.24, 2.45) is 7.05 Å². The molecule has 0 saturated heterocycles. The maximum Gasteiger partial charge on any atom is 0.305 e. The second-order valence-electron chi connectivity index (χ2n) is 6.68. The fraction of sp³-hybridized carbons (Fsp3) is 0.368. The van der Waals surface area contributed by atoms with Gasteiger partial charge in [-0.1, -0.05) is 6.07 Å². The van der Waals surface area contributed by atoms with E-state index in [0.717, 1.165) is 10.6 Å². The van der Waals surface area contributed by atoms with Crippen molar-refractivity contribution in [2.45, 2.75) is 33.2 Å². The molecular formula is C19H22N4O3S. The van der Waals surface area contributed by atoms with Gasteiger partial charge in [-0.15, -0.1) is 11.3 Å². The van der Waals surface area contributed by atoms with Crippen molar-refractivity contribution >= 4 is 34.2 Å². The average Bonchev–Trinajstić information content (AvgIpc) is 3.22. The number of amides is 1. The van der Waals surface area contributed by atoms with Crippen LogP contribution in [0.4, 0.5) is 0 Å². The molecule has 1 amide bonds. The molecule has 27 heavy (non-hydrogen) atoms. The highest BCUT2D eigenvalue weighted by Crippen LogP contribution is 2.30. The van der Waals surface area contributed by atoms with Gasteiger partial charge in [0.1, 0.15) is 0 Å². The molecule has 3 heterocycles. The first kappa shape index (κ1) is 19.0. The largest absolute Gasteiger partial charge is 0.481 e. The Hall–Kier alpha value is -2.74. The third kappa shape index (κ3) is 3.71. The Morgan fingerprint density at radius 1 is 1.37 bits per heavy atom. The maximum atomic E-state index is 13.4. The fourth-order valence-electron chi connectivity index (χ4n) is 3.13. The van der Waals surface area contributed by atoms with Gasteiger partial charge in [0.25, 0.3) is 5.91 Å². The van der Waals surface area contributed by atoms with E-state index in [4.69, 9.17) is 10.1 Å². The molecule has 1 N–H and O–H groups in total. The number of thiophene rings is 1. The van der Waals surface area contributed by atoms with Crippen LogP contribution in [0, 0.1) is 6.92 Å². The van der Waals surface area contributed by atoms with Gasteiger partial charge >= 0.3 is 5.97 Å². The molecule has 8 heteroatoms. The lowest BCUT2D eigenvalue weighted by molar-refractivity contribution is -0.137. The van der Waals surface area contributed by atoms with Gasteiger partial charge in [0.2, 0.25) is 0 Å². The molecule has 0 aliphatic rings. The van der Waals surface area contributed by atoms with Crippen LogP contribution in [0.25, 0.3) is 21.6 Å². The van der Waals surface area contributed by atoms with E-state index in [2.05, 4.69) is 5.10 Å². The number of aryl methyl sites for hydroxylation is 2. The van der Waals surface area contributed by atoms with Crippen LogP contribution in [-0.4, -0.2) is 49.2 Å². The van der Waals surface area contributed by atoms with Gasteiger partial charge in [-0.2, -0.15) is 5.10 Å². The molecule has 3 aromatic heterocycles. The van der Waals surface area contributed by atoms with Crippen LogP contribution in [0.3, 0.4) is 0 Å². The van der Waals surface area contributed by atoms with E-state index in [1.54, 1.807) is 34.0 Å². The van der Waals surface area contributed by atoms with E-state index < -0.39 is 5.97 Å². The molecule has 0 bridgehead atoms. The Bertz CT molecular complexity index is 992. The molecule has 142 valence electrons. The summed E-state index contributed by atoms with van der Waals surface area (Å²) in [5.74, 6) is -1.13. The molecule has 0 fully saturated rings. The summed E-state index contributed by atoms with van der Waals surface area (Å²) in [5, 5.41) is 16.1. The zero-order valence-corrected chi connectivity index (χ0v) is 16.6. The Morgan fingerprint density at radius 3 is 2.70 bits per heavy atom. The predicted molar refractivity (Wildman–Crippen MR) is 105 cm³/mol. The zero-order valence-electron chi connectivity index (χ0n) is 15.8. The van der Waals surface area contributed by atoms with Crippen LogP contribution < -0.4 is 0 Å². The molecule has 0 spiro atoms. The molecular weight excluding hydrogens is 364 g/mol. The van der Waals surface area contributed by atoms with Gasteiger partial charge in [-0.25, -0.2) is 4.98 Å². The highest BCUT2D eigenvalue weighted by Gasteiger charge is 2.25. The van der Waals surface area contributed by atoms with E-state index in [-0.39, 0.29) is 24.9 Å². The fourth-order valence-corrected chi connectivity index (χ4v) is 3.82. The summed E-state index contributed by atoms with van der Waals surface area (Å²) in [7, 11) is 1.80. The second kappa shape index (κ2) is 7.48. The topological polar surface area (TPSA) is 88.3 Å². The number of aromatic nitrogens is 3. The lowest BCUT2D eigenvalue weighted by atomic mass is 10.1. The van der Waals surface area contributed by atoms with Crippen molar-refractivity contribution in [1.82, 2.24) is 19.7 Å². The highest BCUT2D eigenvalue weighted by atomic mass is 32.1. The summed E-state index contributed by atoms with van der Waals surface area (Å²) in [4.78, 5) is 31.6. The molecule has 0 unspecified atom stereocenters. The van der Waals surface area contributed by atoms with Crippen LogP contribution >= 0.6 is 11.3 Å². The van der Waals surface area contributed by atoms with Crippen molar-refractivity contribution in [3.05, 3.63) is 34.8 Å². The normalized spacial score (nSPS) is 11.3. The number of carboxylic acids is 1. The van der Waals surface area contributed by atoms with Crippen molar-refractivity contribution in [2.75, 3.05) is 6.54 Å². The van der Waals surface area contributed by atoms with Crippen LogP contribution in [0.15, 0.2) is 23.6 Å². The van der Waals surface area contributed by atoms with Gasteiger partial charge in [0, 0.05) is 19.6 Å². The van der Waals surface area contributed by atoms with E-state index in [0.29, 0.717) is 22.3 Å². The molecule has 0 atom stereocenters. The number of pyridine rings is 1. The second-order valence-corrected chi connectivity index (χ2v) is 7.62. The van der Waals surface area contributed by atoms with Crippen LogP contribution in [0.5, 0.6) is 0 Å². The summed E-state index contributed by atoms with van der Waals surface area (Å²) in [6.45, 7) is 5.77. The SMILES string of the molecule is Cc1nn(C)c2nc(-c3cccs3)cc(C(=O)N(CCC(=O)O)C(C)C)c12. The number of rotatable bonds is 6. The van der Waals surface area contributed by atoms with Crippen molar-refractivity contribution in [3.63, 3.8) is 0 Å². The number of hydrogen-bond acceptors (Lipinski definition) is 5. The lowest BCUT2D eigenvalue weighted by Crippen LogP contribution is -2.38. The zero-order chi connectivity index (χ0) is 19.7. The number of aliphatic carboxylic acids is 1. The van der Waals surface area contributed by atoms with E-state index >= 15 is 0 Å². The predicted octanol–water partition coefficient (Wildman–Crippen LogP) is 3.33. The van der Waals surface area contributed by atoms with Gasteiger partial charge in [0.05, 0.1) is 33.6 Å². The molecule has 3 aromatic rings. The Kier molecular flexibility index (Phi) is 5.27. The molecule has 3 rings (SSSR count). The quantitative estimate of drug-likeness (QED) is 0.702. The molecule has 0 aromatic carbocycles. The summed E-state index contributed by atoms with van der Waals surface area (Å²) >= 11 is 1.55. The number of carbonyl (C=O) groups is 2. The summed E-state index contributed by atoms with van der Waals surface area (Å²) < 4.78 is 1.68. The van der Waals surface area contributed by atoms with Crippen LogP contribution in [0.2, 0.25) is 0 Å². The Labute approximate surface area is 161 Å². The molecule has 0 saturated carbocycles. The van der Waals surface area contributed by atoms with Crippen molar-refractivity contribution in [1.29, 1.82) is 0 Å². The smallest absolute Gasteiger partial charge is 0.305 e. The first-order valence-corrected chi connectivity index (χ1v) is 9.58. The van der Waals surface area contributed by atoms with Crippen LogP contribution in [-0.2, 0) is 11.8 Å². The maximum absolute atomic E-state index is 13.4. The summed E-state index contributed by atoms with van der Waals surface area (Å²) in [5.41, 5.74) is 2.59. The molecule has 0 aliphatic carbocycles. The number of carbonyl (C=O) groups excluding carboxylic acids is 1. The molecule has 7 nitrogen and oxygen atoms in total. The number of hydrogen-bond donors (Lipinski definition) is 1. The average molecular weight is 386 g/mol. The minimum atomic E-state index is -0.926. The van der Waals surface area contributed by atoms with E-state index in [1.165, 1.54) is 0 Å². The van der Waals surface area contributed by atoms with E-state index in [1.807, 2.05) is 38.3 Å². The molecule has 0 radical (unpaired) electrons. The Morgan fingerprint density at radius 2 is 2.11 bits per heavy atom. The van der Waals surface area contributed by atoms with Gasteiger partial charge < -0.3 is 10.0 Å². The highest BCUT2D eigenvalue weighted by molar-refractivity contribution is 7.13. The number of fused-ring (bicyclic) bond motifs is 1. The standard InChI is InChI=1S/C19H22N4O3S/c1-11(2)23(8-7-16(24)25)19(26)13-10-14(15-6-5-9-27-15)20-18-17(13)12(3)21-22(18)4/h5-6,9-11H,7-8H2,1-4H3,(H,24,25). The van der Waals surface area contributed by atoms with Gasteiger partial charge in [-0.05, 0) is 38.3 Å². The minimum absolute atomic E-state index is 0.0953. The monoisotopic (exact) mass is 386 g/mol. The summed E-state index contributed by atoms with van der Waals surface area (Å²) in [6, 6.07) is 5.57.